The molecule has 0 spiro atoms. The van der Waals surface area contributed by atoms with E-state index in [0.717, 1.165) is 51.4 Å². The first-order valence-corrected chi connectivity index (χ1v) is 21.1. The summed E-state index contributed by atoms with van der Waals surface area (Å²) in [4.78, 5) is 55.4. The van der Waals surface area contributed by atoms with Gasteiger partial charge in [0.25, 0.3) is 0 Å². The third kappa shape index (κ3) is 24.5. The number of carbonyl (C=O) groups is 3. The van der Waals surface area contributed by atoms with Gasteiger partial charge in [0.05, 0.1) is 18.8 Å². The minimum atomic E-state index is -4.81. The zero-order valence-electron chi connectivity index (χ0n) is 31.0. The van der Waals surface area contributed by atoms with E-state index in [-0.39, 0.29) is 37.6 Å². The van der Waals surface area contributed by atoms with E-state index in [9.17, 15) is 29.2 Å². The van der Waals surface area contributed by atoms with Gasteiger partial charge in [0.1, 0.15) is 12.4 Å². The van der Waals surface area contributed by atoms with E-state index in [0.29, 0.717) is 32.1 Å². The fraction of sp³-hybridized carbons (Fsp3) is 0.868. The van der Waals surface area contributed by atoms with Crippen LogP contribution in [0.3, 0.4) is 0 Å². The summed E-state index contributed by atoms with van der Waals surface area (Å²) in [5.41, 5.74) is 0. The molecule has 0 aliphatic heterocycles. The smallest absolute Gasteiger partial charge is 0.462 e. The molecule has 0 bridgehead atoms. The van der Waals surface area contributed by atoms with Crippen LogP contribution in [0.5, 0.6) is 0 Å². The van der Waals surface area contributed by atoms with Crippen LogP contribution < -0.4 is 0 Å². The Bertz CT molecular complexity index is 982. The molecule has 0 aromatic heterocycles. The number of rotatable bonds is 32. The number of allylic oxidation sites excluding steroid dienone is 1. The third-order valence-electron chi connectivity index (χ3n) is 9.44. The molecule has 0 radical (unpaired) electrons. The molecule has 11 nitrogen and oxygen atoms in total. The molecule has 1 fully saturated rings. The molecule has 0 amide bonds. The summed E-state index contributed by atoms with van der Waals surface area (Å²) >= 11 is 0. The lowest BCUT2D eigenvalue weighted by atomic mass is 9.88. The Morgan fingerprint density at radius 2 is 1.30 bits per heavy atom. The van der Waals surface area contributed by atoms with Gasteiger partial charge < -0.3 is 29.5 Å². The second-order valence-electron chi connectivity index (χ2n) is 14.0. The topological polar surface area (TPSA) is 177 Å². The average Bonchev–Trinajstić information content (AvgIpc) is 3.33. The van der Waals surface area contributed by atoms with Crippen LogP contribution in [-0.2, 0) is 32.9 Å². The molecule has 0 aromatic carbocycles. The van der Waals surface area contributed by atoms with Gasteiger partial charge in [-0.15, -0.1) is 0 Å². The van der Waals surface area contributed by atoms with Crippen molar-refractivity contribution in [1.29, 1.82) is 0 Å². The van der Waals surface area contributed by atoms with E-state index in [1.165, 1.54) is 51.4 Å². The summed E-state index contributed by atoms with van der Waals surface area (Å²) in [6.07, 6.45) is 22.7. The number of carbonyl (C=O) groups excluding carboxylic acids is 3. The fourth-order valence-electron chi connectivity index (χ4n) is 6.45. The average molecular weight is 733 g/mol. The minimum Gasteiger partial charge on any atom is -0.462 e. The normalized spacial score (nSPS) is 19.2. The molecular weight excluding hydrogens is 663 g/mol. The lowest BCUT2D eigenvalue weighted by molar-refractivity contribution is -0.161. The van der Waals surface area contributed by atoms with Crippen molar-refractivity contribution in [3.8, 4) is 0 Å². The van der Waals surface area contributed by atoms with Crippen molar-refractivity contribution < 1.29 is 52.9 Å². The predicted octanol–water partition coefficient (Wildman–Crippen LogP) is 8.05. The summed E-state index contributed by atoms with van der Waals surface area (Å²) in [6.45, 7) is 3.37. The molecule has 12 heteroatoms. The van der Waals surface area contributed by atoms with E-state index in [1.807, 2.05) is 0 Å². The zero-order valence-corrected chi connectivity index (χ0v) is 31.9. The van der Waals surface area contributed by atoms with Crippen molar-refractivity contribution in [1.82, 2.24) is 0 Å². The van der Waals surface area contributed by atoms with Crippen LogP contribution in [0.2, 0.25) is 0 Å². The van der Waals surface area contributed by atoms with E-state index in [1.54, 1.807) is 12.2 Å². The number of Topliss-reactive ketones (excluding diaryl/α,β-unsaturated/α-hetero) is 1. The summed E-state index contributed by atoms with van der Waals surface area (Å²) < 4.78 is 26.3. The van der Waals surface area contributed by atoms with Crippen LogP contribution >= 0.6 is 7.82 Å². The molecule has 0 heterocycles. The maximum atomic E-state index is 12.5. The van der Waals surface area contributed by atoms with Crippen LogP contribution in [0.1, 0.15) is 168 Å². The van der Waals surface area contributed by atoms with Gasteiger partial charge in [0, 0.05) is 25.2 Å². The van der Waals surface area contributed by atoms with Crippen molar-refractivity contribution in [2.45, 2.75) is 186 Å². The van der Waals surface area contributed by atoms with Gasteiger partial charge in [0.2, 0.25) is 0 Å². The molecule has 50 heavy (non-hydrogen) atoms. The van der Waals surface area contributed by atoms with Crippen molar-refractivity contribution in [2.75, 3.05) is 13.2 Å². The summed E-state index contributed by atoms with van der Waals surface area (Å²) in [7, 11) is -4.81. The van der Waals surface area contributed by atoms with Crippen LogP contribution in [0.4, 0.5) is 0 Å². The Kier molecular flexibility index (Phi) is 26.8. The van der Waals surface area contributed by atoms with Crippen molar-refractivity contribution in [3.05, 3.63) is 12.2 Å². The molecule has 0 aromatic rings. The Hall–Kier alpha value is -1.62. The number of ketones is 1. The van der Waals surface area contributed by atoms with E-state index in [2.05, 4.69) is 18.4 Å². The van der Waals surface area contributed by atoms with Gasteiger partial charge >= 0.3 is 19.8 Å². The number of esters is 2. The second-order valence-corrected chi connectivity index (χ2v) is 15.3. The van der Waals surface area contributed by atoms with E-state index < -0.39 is 50.6 Å². The van der Waals surface area contributed by atoms with Crippen molar-refractivity contribution in [2.24, 2.45) is 11.8 Å². The van der Waals surface area contributed by atoms with E-state index >= 15 is 0 Å². The monoisotopic (exact) mass is 732 g/mol. The molecule has 1 aliphatic rings. The van der Waals surface area contributed by atoms with Crippen molar-refractivity contribution in [3.63, 3.8) is 0 Å². The quantitative estimate of drug-likeness (QED) is 0.0228. The molecule has 292 valence electrons. The second kappa shape index (κ2) is 28.9. The highest BCUT2D eigenvalue weighted by Crippen LogP contribution is 2.36. The number of phosphoric ester groups is 1. The number of unbranched alkanes of at least 4 members (excludes halogenated alkanes) is 16. The van der Waals surface area contributed by atoms with Gasteiger partial charge in [-0.05, 0) is 31.6 Å². The van der Waals surface area contributed by atoms with Crippen LogP contribution in [0.15, 0.2) is 12.2 Å². The molecular formula is C38H69O11P. The van der Waals surface area contributed by atoms with Crippen LogP contribution in [-0.4, -0.2) is 69.2 Å². The fourth-order valence-corrected chi connectivity index (χ4v) is 6.81. The number of hydrogen-bond donors (Lipinski definition) is 4. The highest BCUT2D eigenvalue weighted by atomic mass is 31.2. The highest BCUT2D eigenvalue weighted by molar-refractivity contribution is 7.46. The third-order valence-corrected chi connectivity index (χ3v) is 9.93. The maximum Gasteiger partial charge on any atom is 0.469 e. The number of aliphatic hydroxyl groups is 2. The standard InChI is InChI=1S/C38H69O11P/c1-3-5-7-8-9-10-11-12-13-14-15-20-24-37(42)47-29-32(30-48-50(44,45)46)49-38(43)25-21-17-16-19-23-33-34(36(41)28-35(33)40)27-26-31(39)22-18-6-4-2/h26-27,31-35,39-40H,3-25,28-30H2,1-2H3,(H2,44,45,46)/b27-26+/t31-,32+,33+,34+,35-/m0/s1. The van der Waals surface area contributed by atoms with Gasteiger partial charge in [-0.3, -0.25) is 18.9 Å². The van der Waals surface area contributed by atoms with Gasteiger partial charge in [-0.25, -0.2) is 4.57 Å². The van der Waals surface area contributed by atoms with Crippen LogP contribution in [0.25, 0.3) is 0 Å². The predicted molar refractivity (Wildman–Crippen MR) is 194 cm³/mol. The summed E-state index contributed by atoms with van der Waals surface area (Å²) in [5, 5.41) is 20.7. The molecule has 1 aliphatic carbocycles. The number of ether oxygens (including phenoxy) is 2. The Balaban J connectivity index is 2.31. The molecule has 0 saturated heterocycles. The summed E-state index contributed by atoms with van der Waals surface area (Å²) in [5.74, 6) is -1.63. The Morgan fingerprint density at radius 1 is 0.780 bits per heavy atom. The van der Waals surface area contributed by atoms with Gasteiger partial charge in [-0.2, -0.15) is 0 Å². The van der Waals surface area contributed by atoms with E-state index in [4.69, 9.17) is 19.3 Å². The van der Waals surface area contributed by atoms with Crippen molar-refractivity contribution >= 4 is 25.5 Å². The molecule has 0 unspecified atom stereocenters. The first-order valence-electron chi connectivity index (χ1n) is 19.6. The molecule has 1 saturated carbocycles. The first-order chi connectivity index (χ1) is 24.0. The van der Waals surface area contributed by atoms with Crippen LogP contribution in [0, 0.1) is 11.8 Å². The number of hydrogen-bond acceptors (Lipinski definition) is 9. The Morgan fingerprint density at radius 3 is 1.88 bits per heavy atom. The summed E-state index contributed by atoms with van der Waals surface area (Å²) in [6, 6.07) is 0. The SMILES string of the molecule is CCCCCCCCCCCCCCC(=O)OC[C@H](COP(=O)(O)O)OC(=O)CCCCCC[C@H]1[C@@H](O)CC(=O)[C@@H]1/C=C/[C@@H](O)CCCCC. The maximum absolute atomic E-state index is 12.5. The molecule has 5 atom stereocenters. The zero-order chi connectivity index (χ0) is 37.0. The molecule has 1 rings (SSSR count). The lowest BCUT2D eigenvalue weighted by Gasteiger charge is -2.19. The van der Waals surface area contributed by atoms with Gasteiger partial charge in [0.15, 0.2) is 6.10 Å². The number of aliphatic hydroxyl groups excluding tert-OH is 2. The lowest BCUT2D eigenvalue weighted by Crippen LogP contribution is -2.29. The highest BCUT2D eigenvalue weighted by Gasteiger charge is 2.39. The first kappa shape index (κ1) is 46.4. The Labute approximate surface area is 301 Å². The molecule has 4 N–H and O–H groups in total. The largest absolute Gasteiger partial charge is 0.469 e. The van der Waals surface area contributed by atoms with Gasteiger partial charge in [-0.1, -0.05) is 135 Å². The number of phosphoric acid groups is 1. The minimum absolute atomic E-state index is 0.00504.